The monoisotopic (exact) mass is 310 g/mol. The maximum Gasteiger partial charge on any atom is 0.165 e. The van der Waals surface area contributed by atoms with Gasteiger partial charge in [-0.15, -0.1) is 0 Å². The van der Waals surface area contributed by atoms with Gasteiger partial charge in [0.1, 0.15) is 0 Å². The second-order valence-electron chi connectivity index (χ2n) is 6.01. The van der Waals surface area contributed by atoms with Gasteiger partial charge < -0.3 is 9.47 Å². The molecule has 0 spiro atoms. The number of nitrogens with zero attached hydrogens (tertiary/aromatic N) is 2. The van der Waals surface area contributed by atoms with E-state index in [2.05, 4.69) is 23.6 Å². The van der Waals surface area contributed by atoms with Gasteiger partial charge in [-0.1, -0.05) is 6.07 Å². The van der Waals surface area contributed by atoms with E-state index in [0.717, 1.165) is 51.4 Å². The van der Waals surface area contributed by atoms with Gasteiger partial charge in [-0.05, 0) is 31.5 Å². The highest BCUT2D eigenvalue weighted by Gasteiger charge is 2.17. The summed E-state index contributed by atoms with van der Waals surface area (Å²) in [5, 5.41) is 0. The van der Waals surface area contributed by atoms with Crippen LogP contribution in [0.4, 0.5) is 4.39 Å². The minimum atomic E-state index is -0.288. The van der Waals surface area contributed by atoms with Gasteiger partial charge in [0.15, 0.2) is 11.6 Å². The smallest absolute Gasteiger partial charge is 0.165 e. The number of hydrogen-bond acceptors (Lipinski definition) is 4. The number of halogens is 1. The van der Waals surface area contributed by atoms with E-state index < -0.39 is 0 Å². The van der Waals surface area contributed by atoms with Gasteiger partial charge in [0.05, 0.1) is 19.8 Å². The molecule has 0 radical (unpaired) electrons. The summed E-state index contributed by atoms with van der Waals surface area (Å²) in [5.74, 6) is 0.0168. The summed E-state index contributed by atoms with van der Waals surface area (Å²) in [6.07, 6.45) is 0.297. The van der Waals surface area contributed by atoms with Crippen LogP contribution >= 0.6 is 0 Å². The second-order valence-corrected chi connectivity index (χ2v) is 6.01. The lowest BCUT2D eigenvalue weighted by molar-refractivity contribution is 0.0437. The number of rotatable bonds is 7. The molecule has 0 bridgehead atoms. The molecule has 0 amide bonds. The summed E-state index contributed by atoms with van der Waals surface area (Å²) in [6.45, 7) is 10.8. The van der Waals surface area contributed by atoms with Crippen LogP contribution in [0.1, 0.15) is 19.4 Å². The first-order chi connectivity index (χ1) is 10.6. The van der Waals surface area contributed by atoms with Crippen LogP contribution in [0.15, 0.2) is 18.2 Å². The van der Waals surface area contributed by atoms with E-state index in [4.69, 9.17) is 9.47 Å². The molecule has 0 atom stereocenters. The van der Waals surface area contributed by atoms with Crippen molar-refractivity contribution >= 4 is 0 Å². The number of hydrogen-bond donors (Lipinski definition) is 0. The van der Waals surface area contributed by atoms with E-state index in [1.165, 1.54) is 7.11 Å². The van der Waals surface area contributed by atoms with Gasteiger partial charge in [0.2, 0.25) is 0 Å². The molecule has 0 unspecified atom stereocenters. The Hall–Kier alpha value is -1.17. The Morgan fingerprint density at radius 1 is 1.14 bits per heavy atom. The summed E-state index contributed by atoms with van der Waals surface area (Å²) >= 11 is 0. The SMILES string of the molecule is COc1ccc(CN2CCN(CCOC(C)C)CC2)cc1F. The van der Waals surface area contributed by atoms with Crippen LogP contribution in [0.2, 0.25) is 0 Å². The quantitative estimate of drug-likeness (QED) is 0.772. The summed E-state index contributed by atoms with van der Waals surface area (Å²) in [6, 6.07) is 5.20. The van der Waals surface area contributed by atoms with Crippen molar-refractivity contribution in [3.05, 3.63) is 29.6 Å². The Labute approximate surface area is 132 Å². The molecule has 1 aromatic carbocycles. The molecule has 0 aromatic heterocycles. The molecule has 22 heavy (non-hydrogen) atoms. The highest BCUT2D eigenvalue weighted by molar-refractivity contribution is 5.29. The molecule has 5 heteroatoms. The molecule has 1 aromatic rings. The number of ether oxygens (including phenoxy) is 2. The number of benzene rings is 1. The van der Waals surface area contributed by atoms with Gasteiger partial charge in [0, 0.05) is 39.3 Å². The van der Waals surface area contributed by atoms with Crippen molar-refractivity contribution in [2.45, 2.75) is 26.5 Å². The maximum atomic E-state index is 13.7. The van der Waals surface area contributed by atoms with Crippen molar-refractivity contribution in [3.63, 3.8) is 0 Å². The van der Waals surface area contributed by atoms with Crippen molar-refractivity contribution in [2.24, 2.45) is 0 Å². The lowest BCUT2D eigenvalue weighted by Gasteiger charge is -2.34. The van der Waals surface area contributed by atoms with E-state index in [9.17, 15) is 4.39 Å². The number of piperazine rings is 1. The minimum absolute atomic E-state index is 0.288. The third-order valence-electron chi connectivity index (χ3n) is 3.95. The Bertz CT molecular complexity index is 460. The maximum absolute atomic E-state index is 13.7. The minimum Gasteiger partial charge on any atom is -0.494 e. The van der Waals surface area contributed by atoms with Crippen LogP contribution in [0.5, 0.6) is 5.75 Å². The molecule has 0 saturated carbocycles. The fraction of sp³-hybridized carbons (Fsp3) is 0.647. The fourth-order valence-corrected chi connectivity index (χ4v) is 2.65. The molecule has 1 aliphatic rings. The standard InChI is InChI=1S/C17H27FN2O2/c1-14(2)22-11-10-19-6-8-20(9-7-19)13-15-4-5-17(21-3)16(18)12-15/h4-5,12,14H,6-11,13H2,1-3H3. The van der Waals surface area contributed by atoms with Gasteiger partial charge >= 0.3 is 0 Å². The van der Waals surface area contributed by atoms with Crippen LogP contribution in [-0.4, -0.2) is 62.3 Å². The Morgan fingerprint density at radius 2 is 1.82 bits per heavy atom. The van der Waals surface area contributed by atoms with Crippen molar-refractivity contribution in [1.82, 2.24) is 9.80 Å². The van der Waals surface area contributed by atoms with Crippen molar-refractivity contribution in [1.29, 1.82) is 0 Å². The first-order valence-corrected chi connectivity index (χ1v) is 7.97. The topological polar surface area (TPSA) is 24.9 Å². The van der Waals surface area contributed by atoms with Gasteiger partial charge in [-0.25, -0.2) is 4.39 Å². The van der Waals surface area contributed by atoms with Gasteiger partial charge in [-0.3, -0.25) is 9.80 Å². The van der Waals surface area contributed by atoms with Crippen LogP contribution < -0.4 is 4.74 Å². The highest BCUT2D eigenvalue weighted by atomic mass is 19.1. The third kappa shape index (κ3) is 5.23. The van der Waals surface area contributed by atoms with E-state index in [-0.39, 0.29) is 5.82 Å². The molecule has 1 saturated heterocycles. The molecule has 1 aliphatic heterocycles. The first kappa shape index (κ1) is 17.2. The van der Waals surface area contributed by atoms with Gasteiger partial charge in [0.25, 0.3) is 0 Å². The van der Waals surface area contributed by atoms with Crippen molar-refractivity contribution in [2.75, 3.05) is 46.4 Å². The van der Waals surface area contributed by atoms with E-state index in [1.807, 2.05) is 6.07 Å². The average Bonchev–Trinajstić information content (AvgIpc) is 2.49. The van der Waals surface area contributed by atoms with Crippen molar-refractivity contribution in [3.8, 4) is 5.75 Å². The second kappa shape index (κ2) is 8.46. The molecule has 0 aliphatic carbocycles. The van der Waals surface area contributed by atoms with Gasteiger partial charge in [-0.2, -0.15) is 0 Å². The van der Waals surface area contributed by atoms with E-state index in [1.54, 1.807) is 12.1 Å². The summed E-state index contributed by atoms with van der Waals surface area (Å²) in [7, 11) is 1.49. The Morgan fingerprint density at radius 3 is 2.41 bits per heavy atom. The van der Waals surface area contributed by atoms with E-state index >= 15 is 0 Å². The zero-order chi connectivity index (χ0) is 15.9. The normalized spacial score (nSPS) is 17.1. The predicted molar refractivity (Wildman–Crippen MR) is 85.8 cm³/mol. The molecule has 2 rings (SSSR count). The lowest BCUT2D eigenvalue weighted by atomic mass is 10.2. The predicted octanol–water partition coefficient (Wildman–Crippen LogP) is 2.38. The summed E-state index contributed by atoms with van der Waals surface area (Å²) in [4.78, 5) is 4.79. The Balaban J connectivity index is 1.74. The third-order valence-corrected chi connectivity index (χ3v) is 3.95. The fourth-order valence-electron chi connectivity index (χ4n) is 2.65. The first-order valence-electron chi connectivity index (χ1n) is 7.97. The van der Waals surface area contributed by atoms with E-state index in [0.29, 0.717) is 11.9 Å². The molecule has 1 fully saturated rings. The van der Waals surface area contributed by atoms with Crippen LogP contribution in [0.25, 0.3) is 0 Å². The Kier molecular flexibility index (Phi) is 6.61. The highest BCUT2D eigenvalue weighted by Crippen LogP contribution is 2.19. The average molecular weight is 310 g/mol. The zero-order valence-corrected chi connectivity index (χ0v) is 13.8. The van der Waals surface area contributed by atoms with Crippen LogP contribution in [0.3, 0.4) is 0 Å². The zero-order valence-electron chi connectivity index (χ0n) is 13.8. The summed E-state index contributed by atoms with van der Waals surface area (Å²) < 4.78 is 24.3. The molecule has 1 heterocycles. The number of methoxy groups -OCH3 is 1. The molecular formula is C17H27FN2O2. The molecular weight excluding hydrogens is 283 g/mol. The lowest BCUT2D eigenvalue weighted by Crippen LogP contribution is -2.46. The van der Waals surface area contributed by atoms with Crippen LogP contribution in [0, 0.1) is 5.82 Å². The summed E-state index contributed by atoms with van der Waals surface area (Å²) in [5.41, 5.74) is 0.995. The van der Waals surface area contributed by atoms with Crippen LogP contribution in [-0.2, 0) is 11.3 Å². The molecule has 124 valence electrons. The molecule has 4 nitrogen and oxygen atoms in total. The van der Waals surface area contributed by atoms with Crippen molar-refractivity contribution < 1.29 is 13.9 Å². The molecule has 0 N–H and O–H groups in total. The largest absolute Gasteiger partial charge is 0.494 e.